The van der Waals surface area contributed by atoms with E-state index in [4.69, 9.17) is 11.6 Å². The lowest BCUT2D eigenvalue weighted by molar-refractivity contribution is 0.318. The first-order valence-electron chi connectivity index (χ1n) is 9.97. The molecule has 0 bridgehead atoms. The van der Waals surface area contributed by atoms with Gasteiger partial charge in [-0.2, -0.15) is 0 Å². The summed E-state index contributed by atoms with van der Waals surface area (Å²) in [5, 5.41) is 16.3. The van der Waals surface area contributed by atoms with Gasteiger partial charge in [-0.15, -0.1) is 0 Å². The zero-order valence-corrected chi connectivity index (χ0v) is 19.2. The van der Waals surface area contributed by atoms with E-state index in [0.29, 0.717) is 40.5 Å². The Morgan fingerprint density at radius 1 is 1.24 bits per heavy atom. The Labute approximate surface area is 195 Å². The van der Waals surface area contributed by atoms with Gasteiger partial charge in [0.05, 0.1) is 22.2 Å². The van der Waals surface area contributed by atoms with Crippen LogP contribution in [0.15, 0.2) is 69.8 Å². The summed E-state index contributed by atoms with van der Waals surface area (Å²) in [4.78, 5) is 9.14. The molecule has 0 aliphatic carbocycles. The van der Waals surface area contributed by atoms with Crippen molar-refractivity contribution in [2.45, 2.75) is 24.3 Å². The van der Waals surface area contributed by atoms with Crippen LogP contribution in [-0.4, -0.2) is 36.4 Å². The lowest BCUT2D eigenvalue weighted by atomic mass is 9.98. The minimum atomic E-state index is -3.37. The molecule has 2 N–H and O–H groups in total. The van der Waals surface area contributed by atoms with Crippen LogP contribution in [0.25, 0.3) is 0 Å². The fourth-order valence-corrected chi connectivity index (χ4v) is 4.84. The van der Waals surface area contributed by atoms with Gasteiger partial charge in [0.15, 0.2) is 9.84 Å². The number of nitrogens with zero attached hydrogens (tertiary/aromatic N) is 3. The molecule has 0 unspecified atom stereocenters. The highest BCUT2D eigenvalue weighted by molar-refractivity contribution is 7.90. The number of fused-ring (bicyclic) bond motifs is 1. The highest BCUT2D eigenvalue weighted by Crippen LogP contribution is 2.27. The molecule has 0 atom stereocenters. The second-order valence-corrected chi connectivity index (χ2v) is 9.99. The Morgan fingerprint density at radius 3 is 2.76 bits per heavy atom. The average molecular weight is 487 g/mol. The van der Waals surface area contributed by atoms with Crippen LogP contribution >= 0.6 is 11.6 Å². The van der Waals surface area contributed by atoms with Crippen molar-refractivity contribution in [3.05, 3.63) is 87.8 Å². The Morgan fingerprint density at radius 2 is 2.03 bits per heavy atom. The van der Waals surface area contributed by atoms with Gasteiger partial charge >= 0.3 is 0 Å². The normalized spacial score (nSPS) is 14.9. The van der Waals surface area contributed by atoms with E-state index < -0.39 is 15.7 Å². The molecule has 0 saturated heterocycles. The molecule has 33 heavy (non-hydrogen) atoms. The lowest BCUT2D eigenvalue weighted by Gasteiger charge is -2.09. The van der Waals surface area contributed by atoms with Crippen LogP contribution in [0.3, 0.4) is 0 Å². The van der Waals surface area contributed by atoms with E-state index in [1.165, 1.54) is 18.4 Å². The van der Waals surface area contributed by atoms with E-state index >= 15 is 0 Å². The number of halogens is 2. The van der Waals surface area contributed by atoms with E-state index in [-0.39, 0.29) is 22.9 Å². The Bertz CT molecular complexity index is 1390. The highest BCUT2D eigenvalue weighted by atomic mass is 35.5. The average Bonchev–Trinajstić information content (AvgIpc) is 3.21. The monoisotopic (exact) mass is 486 g/mol. The third-order valence-corrected chi connectivity index (χ3v) is 6.75. The molecule has 1 aromatic heterocycles. The van der Waals surface area contributed by atoms with Crippen LogP contribution < -0.4 is 5.32 Å². The standard InChI is InChI=1S/C23H20ClFN4O3S/c1-33(31,32)21-5-3-2-4-15(21)13-27-22-12-17-16(8-9-26-23(17)28-22)20(29-30)11-14-6-7-19(25)18(24)10-14/h2-10,30H,11-13H2,1H3,(H,26,27,28)/b29-20+. The zero-order valence-electron chi connectivity index (χ0n) is 17.6. The second kappa shape index (κ2) is 9.29. The Balaban J connectivity index is 1.58. The summed E-state index contributed by atoms with van der Waals surface area (Å²) in [6.45, 7) is 0.184. The number of sulfone groups is 1. The number of pyridine rings is 1. The first kappa shape index (κ1) is 22.9. The SMILES string of the molecule is CS(=O)(=O)c1ccccc1CN=C1Cc2c(/C(Cc3ccc(F)c(Cl)c3)=N/O)ccnc2N1. The maximum atomic E-state index is 13.5. The van der Waals surface area contributed by atoms with Crippen LogP contribution in [0.4, 0.5) is 10.2 Å². The van der Waals surface area contributed by atoms with Crippen LogP contribution in [0.2, 0.25) is 5.02 Å². The van der Waals surface area contributed by atoms with Crippen LogP contribution in [0, 0.1) is 5.82 Å². The molecule has 0 radical (unpaired) electrons. The molecule has 0 amide bonds. The maximum absolute atomic E-state index is 13.5. The minimum Gasteiger partial charge on any atom is -0.411 e. The van der Waals surface area contributed by atoms with Gasteiger partial charge in [0.2, 0.25) is 0 Å². The van der Waals surface area contributed by atoms with E-state index in [0.717, 1.165) is 5.56 Å². The minimum absolute atomic E-state index is 0.00444. The van der Waals surface area contributed by atoms with Gasteiger partial charge in [-0.3, -0.25) is 4.99 Å². The second-order valence-electron chi connectivity index (χ2n) is 7.60. The van der Waals surface area contributed by atoms with Crippen molar-refractivity contribution in [3.63, 3.8) is 0 Å². The molecule has 2 heterocycles. The van der Waals surface area contributed by atoms with Gasteiger partial charge in [0, 0.05) is 36.4 Å². The Hall–Kier alpha value is -3.30. The molecule has 3 aromatic rings. The van der Waals surface area contributed by atoms with Crippen molar-refractivity contribution < 1.29 is 18.0 Å². The first-order valence-corrected chi connectivity index (χ1v) is 12.2. The number of aliphatic imine (C=N–C) groups is 1. The van der Waals surface area contributed by atoms with Gasteiger partial charge in [-0.05, 0) is 35.4 Å². The molecule has 7 nitrogen and oxygen atoms in total. The summed E-state index contributed by atoms with van der Waals surface area (Å²) in [7, 11) is -3.37. The lowest BCUT2D eigenvalue weighted by Crippen LogP contribution is -2.10. The van der Waals surface area contributed by atoms with Gasteiger partial charge in [0.25, 0.3) is 0 Å². The molecular formula is C23H20ClFN4O3S. The summed E-state index contributed by atoms with van der Waals surface area (Å²) >= 11 is 5.87. The number of amidine groups is 1. The summed E-state index contributed by atoms with van der Waals surface area (Å²) in [6, 6.07) is 12.8. The van der Waals surface area contributed by atoms with E-state index in [2.05, 4.69) is 20.4 Å². The molecule has 10 heteroatoms. The van der Waals surface area contributed by atoms with Crippen LogP contribution in [0.1, 0.15) is 22.3 Å². The summed E-state index contributed by atoms with van der Waals surface area (Å²) in [5.74, 6) is 0.687. The number of anilines is 1. The topological polar surface area (TPSA) is 104 Å². The molecule has 1 aliphatic heterocycles. The maximum Gasteiger partial charge on any atom is 0.175 e. The molecule has 0 fully saturated rings. The fourth-order valence-electron chi connectivity index (χ4n) is 3.70. The molecule has 170 valence electrons. The first-order chi connectivity index (χ1) is 15.8. The smallest absolute Gasteiger partial charge is 0.175 e. The van der Waals surface area contributed by atoms with E-state index in [1.807, 2.05) is 0 Å². The number of aromatic nitrogens is 1. The molecular weight excluding hydrogens is 467 g/mol. The molecule has 1 aliphatic rings. The number of hydrogen-bond acceptors (Lipinski definition) is 6. The largest absolute Gasteiger partial charge is 0.411 e. The zero-order chi connectivity index (χ0) is 23.6. The molecule has 0 spiro atoms. The van der Waals surface area contributed by atoms with Gasteiger partial charge < -0.3 is 10.5 Å². The number of rotatable bonds is 6. The van der Waals surface area contributed by atoms with Crippen molar-refractivity contribution in [2.75, 3.05) is 11.6 Å². The third-order valence-electron chi connectivity index (χ3n) is 5.26. The van der Waals surface area contributed by atoms with Crippen molar-refractivity contribution in [2.24, 2.45) is 10.1 Å². The molecule has 2 aromatic carbocycles. The fraction of sp³-hybridized carbons (Fsp3) is 0.174. The molecule has 0 saturated carbocycles. The van der Waals surface area contributed by atoms with E-state index in [1.54, 1.807) is 42.6 Å². The van der Waals surface area contributed by atoms with Crippen molar-refractivity contribution in [1.29, 1.82) is 0 Å². The summed E-state index contributed by atoms with van der Waals surface area (Å²) < 4.78 is 37.5. The number of hydrogen-bond donors (Lipinski definition) is 2. The predicted molar refractivity (Wildman–Crippen MR) is 126 cm³/mol. The third kappa shape index (κ3) is 5.04. The molecule has 4 rings (SSSR count). The summed E-state index contributed by atoms with van der Waals surface area (Å²) in [6.07, 6.45) is 3.40. The van der Waals surface area contributed by atoms with Gasteiger partial charge in [-0.25, -0.2) is 17.8 Å². The quantitative estimate of drug-likeness (QED) is 0.307. The number of oxime groups is 1. The highest BCUT2D eigenvalue weighted by Gasteiger charge is 2.24. The number of nitrogens with one attached hydrogen (secondary N) is 1. The Kier molecular flexibility index (Phi) is 6.44. The van der Waals surface area contributed by atoms with Crippen molar-refractivity contribution in [1.82, 2.24) is 4.98 Å². The van der Waals surface area contributed by atoms with E-state index in [9.17, 15) is 18.0 Å². The van der Waals surface area contributed by atoms with Crippen LogP contribution in [-0.2, 0) is 29.2 Å². The summed E-state index contributed by atoms with van der Waals surface area (Å²) in [5.41, 5.74) is 3.15. The predicted octanol–water partition coefficient (Wildman–Crippen LogP) is 4.27. The van der Waals surface area contributed by atoms with Crippen molar-refractivity contribution in [3.8, 4) is 0 Å². The van der Waals surface area contributed by atoms with Gasteiger partial charge in [-0.1, -0.05) is 41.0 Å². The van der Waals surface area contributed by atoms with Crippen molar-refractivity contribution >= 4 is 38.8 Å². The van der Waals surface area contributed by atoms with Gasteiger partial charge in [0.1, 0.15) is 17.5 Å². The number of benzene rings is 2. The van der Waals surface area contributed by atoms with Crippen LogP contribution in [0.5, 0.6) is 0 Å².